The SMILES string of the molecule is [2H]c1nc2ccc(C3(O)CCOC3)cc2s1. The van der Waals surface area contributed by atoms with E-state index in [9.17, 15) is 5.11 Å². The highest BCUT2D eigenvalue weighted by Crippen LogP contribution is 2.32. The largest absolute Gasteiger partial charge is 0.383 e. The molecule has 4 heteroatoms. The number of aliphatic hydroxyl groups is 1. The molecule has 0 saturated carbocycles. The summed E-state index contributed by atoms with van der Waals surface area (Å²) in [6, 6.07) is 5.64. The Kier molecular flexibility index (Phi) is 1.79. The predicted molar refractivity (Wildman–Crippen MR) is 59.0 cm³/mol. The molecule has 1 fully saturated rings. The van der Waals surface area contributed by atoms with Gasteiger partial charge in [0, 0.05) is 13.0 Å². The summed E-state index contributed by atoms with van der Waals surface area (Å²) in [6.07, 6.45) is 0.630. The van der Waals surface area contributed by atoms with Gasteiger partial charge in [0.25, 0.3) is 0 Å². The van der Waals surface area contributed by atoms with Crippen molar-refractivity contribution in [3.05, 3.63) is 29.2 Å². The van der Waals surface area contributed by atoms with Gasteiger partial charge in [-0.2, -0.15) is 0 Å². The Bertz CT molecular complexity index is 534. The Balaban J connectivity index is 2.10. The molecule has 0 amide bonds. The lowest BCUT2D eigenvalue weighted by molar-refractivity contribution is 0.0233. The fraction of sp³-hybridized carbons (Fsp3) is 0.364. The molecule has 1 atom stereocenters. The molecule has 1 aliphatic rings. The highest BCUT2D eigenvalue weighted by atomic mass is 32.1. The summed E-state index contributed by atoms with van der Waals surface area (Å²) in [6.45, 7) is 0.950. The van der Waals surface area contributed by atoms with Crippen molar-refractivity contribution in [2.75, 3.05) is 13.2 Å². The van der Waals surface area contributed by atoms with Crippen LogP contribution in [0.25, 0.3) is 10.2 Å². The van der Waals surface area contributed by atoms with E-state index in [1.807, 2.05) is 18.2 Å². The topological polar surface area (TPSA) is 42.4 Å². The smallest absolute Gasteiger partial charge is 0.115 e. The maximum Gasteiger partial charge on any atom is 0.115 e. The van der Waals surface area contributed by atoms with Gasteiger partial charge in [0.15, 0.2) is 0 Å². The quantitative estimate of drug-likeness (QED) is 0.801. The van der Waals surface area contributed by atoms with E-state index in [1.165, 1.54) is 11.3 Å². The number of ether oxygens (including phenoxy) is 1. The number of hydrogen-bond acceptors (Lipinski definition) is 4. The first-order valence-corrected chi connectivity index (χ1v) is 5.67. The van der Waals surface area contributed by atoms with E-state index in [0.29, 0.717) is 25.1 Å². The Morgan fingerprint density at radius 1 is 1.60 bits per heavy atom. The van der Waals surface area contributed by atoms with Crippen LogP contribution < -0.4 is 0 Å². The molecule has 1 saturated heterocycles. The van der Waals surface area contributed by atoms with Crippen molar-refractivity contribution in [2.45, 2.75) is 12.0 Å². The number of nitrogens with zero attached hydrogens (tertiary/aromatic N) is 1. The summed E-state index contributed by atoms with van der Waals surface area (Å²) < 4.78 is 13.7. The maximum atomic E-state index is 10.3. The van der Waals surface area contributed by atoms with Crippen LogP contribution in [0.2, 0.25) is 0 Å². The van der Waals surface area contributed by atoms with Gasteiger partial charge in [-0.15, -0.1) is 11.3 Å². The summed E-state index contributed by atoms with van der Waals surface area (Å²) in [7, 11) is 0. The summed E-state index contributed by atoms with van der Waals surface area (Å²) in [4.78, 5) is 4.08. The van der Waals surface area contributed by atoms with Gasteiger partial charge in [0.2, 0.25) is 0 Å². The fourth-order valence-electron chi connectivity index (χ4n) is 1.88. The van der Waals surface area contributed by atoms with Crippen LogP contribution in [0.5, 0.6) is 0 Å². The average molecular weight is 222 g/mol. The van der Waals surface area contributed by atoms with E-state index < -0.39 is 5.60 Å². The lowest BCUT2D eigenvalue weighted by atomic mass is 9.93. The third-order valence-corrected chi connectivity index (χ3v) is 3.55. The van der Waals surface area contributed by atoms with E-state index in [0.717, 1.165) is 15.8 Å². The van der Waals surface area contributed by atoms with Crippen molar-refractivity contribution in [1.29, 1.82) is 0 Å². The third-order valence-electron chi connectivity index (χ3n) is 2.82. The maximum absolute atomic E-state index is 10.3. The molecule has 0 radical (unpaired) electrons. The van der Waals surface area contributed by atoms with Gasteiger partial charge in [-0.3, -0.25) is 0 Å². The second-order valence-electron chi connectivity index (χ2n) is 3.82. The van der Waals surface area contributed by atoms with Gasteiger partial charge in [-0.25, -0.2) is 4.98 Å². The monoisotopic (exact) mass is 222 g/mol. The number of fused-ring (bicyclic) bond motifs is 1. The number of thiazole rings is 1. The van der Waals surface area contributed by atoms with Crippen LogP contribution in [-0.4, -0.2) is 23.3 Å². The lowest BCUT2D eigenvalue weighted by Crippen LogP contribution is -2.25. The molecule has 15 heavy (non-hydrogen) atoms. The number of rotatable bonds is 1. The molecular weight excluding hydrogens is 210 g/mol. The summed E-state index contributed by atoms with van der Waals surface area (Å²) in [5.41, 5.74) is 1.13. The lowest BCUT2D eigenvalue weighted by Gasteiger charge is -2.20. The molecule has 3 nitrogen and oxygen atoms in total. The fourth-order valence-corrected chi connectivity index (χ4v) is 2.53. The Hall–Kier alpha value is -0.970. The van der Waals surface area contributed by atoms with Gasteiger partial charge in [0.1, 0.15) is 5.60 Å². The summed E-state index contributed by atoms with van der Waals surface area (Å²) >= 11 is 1.33. The van der Waals surface area contributed by atoms with E-state index in [4.69, 9.17) is 6.11 Å². The molecule has 1 N–H and O–H groups in total. The molecule has 2 heterocycles. The van der Waals surface area contributed by atoms with Gasteiger partial charge in [-0.1, -0.05) is 6.07 Å². The van der Waals surface area contributed by atoms with Crippen molar-refractivity contribution in [3.8, 4) is 0 Å². The molecule has 3 rings (SSSR count). The standard InChI is InChI=1S/C11H11NO2S/c13-11(3-4-14-6-11)8-1-2-9-10(5-8)15-7-12-9/h1-2,5,7,13H,3-4,6H2/i7D. The highest BCUT2D eigenvalue weighted by molar-refractivity contribution is 7.16. The van der Waals surface area contributed by atoms with Crippen LogP contribution >= 0.6 is 11.3 Å². The zero-order chi connectivity index (χ0) is 11.2. The number of hydrogen-bond donors (Lipinski definition) is 1. The van der Waals surface area contributed by atoms with Crippen molar-refractivity contribution in [3.63, 3.8) is 0 Å². The van der Waals surface area contributed by atoms with E-state index >= 15 is 0 Å². The molecule has 1 aromatic heterocycles. The van der Waals surface area contributed by atoms with Crippen molar-refractivity contribution in [1.82, 2.24) is 4.98 Å². The Labute approximate surface area is 92.7 Å². The summed E-state index contributed by atoms with van der Waals surface area (Å²) in [5, 5.41) is 10.3. The molecule has 1 aliphatic heterocycles. The normalized spacial score (nSPS) is 27.1. The molecule has 0 spiro atoms. The van der Waals surface area contributed by atoms with Crippen LogP contribution in [0, 0.1) is 0 Å². The van der Waals surface area contributed by atoms with Crippen LogP contribution in [0.3, 0.4) is 0 Å². The number of aromatic nitrogens is 1. The molecule has 0 aliphatic carbocycles. The molecule has 78 valence electrons. The van der Waals surface area contributed by atoms with Crippen molar-refractivity contribution >= 4 is 21.6 Å². The van der Waals surface area contributed by atoms with Crippen LogP contribution in [0.15, 0.2) is 23.7 Å². The van der Waals surface area contributed by atoms with E-state index in [-0.39, 0.29) is 0 Å². The van der Waals surface area contributed by atoms with Gasteiger partial charge < -0.3 is 9.84 Å². The first-order chi connectivity index (χ1) is 7.67. The first-order valence-electron chi connectivity index (χ1n) is 5.35. The molecule has 1 aromatic carbocycles. The molecule has 1 unspecified atom stereocenters. The van der Waals surface area contributed by atoms with E-state index in [2.05, 4.69) is 4.98 Å². The van der Waals surface area contributed by atoms with Crippen LogP contribution in [-0.2, 0) is 10.3 Å². The predicted octanol–water partition coefficient (Wildman–Crippen LogP) is 1.90. The minimum atomic E-state index is -0.861. The third kappa shape index (κ3) is 1.45. The second kappa shape index (κ2) is 3.27. The zero-order valence-corrected chi connectivity index (χ0v) is 8.88. The van der Waals surface area contributed by atoms with Crippen molar-refractivity contribution in [2.24, 2.45) is 0 Å². The zero-order valence-electron chi connectivity index (χ0n) is 9.06. The highest BCUT2D eigenvalue weighted by Gasteiger charge is 2.34. The summed E-state index contributed by atoms with van der Waals surface area (Å²) in [5.74, 6) is 0. The minimum absolute atomic E-state index is 0.307. The molecular formula is C11H11NO2S. The van der Waals surface area contributed by atoms with Gasteiger partial charge >= 0.3 is 0 Å². The average Bonchev–Trinajstić information content (AvgIpc) is 2.82. The van der Waals surface area contributed by atoms with E-state index in [1.54, 1.807) is 0 Å². The molecule has 2 aromatic rings. The minimum Gasteiger partial charge on any atom is -0.383 e. The second-order valence-corrected chi connectivity index (χ2v) is 4.65. The van der Waals surface area contributed by atoms with Gasteiger partial charge in [0.05, 0.1) is 23.7 Å². The van der Waals surface area contributed by atoms with Crippen molar-refractivity contribution < 1.29 is 11.2 Å². The number of benzene rings is 1. The Morgan fingerprint density at radius 2 is 2.53 bits per heavy atom. The van der Waals surface area contributed by atoms with Crippen LogP contribution in [0.4, 0.5) is 0 Å². The van der Waals surface area contributed by atoms with Crippen LogP contribution in [0.1, 0.15) is 13.4 Å². The van der Waals surface area contributed by atoms with Gasteiger partial charge in [-0.05, 0) is 17.7 Å². The molecule has 0 bridgehead atoms. The first kappa shape index (κ1) is 8.21. The Morgan fingerprint density at radius 3 is 3.33 bits per heavy atom.